The Balaban J connectivity index is 2.37. The van der Waals surface area contributed by atoms with Crippen molar-refractivity contribution < 1.29 is 24.5 Å². The van der Waals surface area contributed by atoms with Gasteiger partial charge in [-0.05, 0) is 29.4 Å². The van der Waals surface area contributed by atoms with Crippen molar-refractivity contribution in [2.45, 2.75) is 19.8 Å². The molecule has 3 rings (SSSR count). The van der Waals surface area contributed by atoms with Gasteiger partial charge in [-0.25, -0.2) is 4.79 Å². The SMILES string of the molecule is CCc1c(OC)c(O)c2c(Cc3ccccc3)cccc2c1C(=O)C(=O)O. The van der Waals surface area contributed by atoms with Crippen LogP contribution in [-0.4, -0.2) is 29.1 Å². The van der Waals surface area contributed by atoms with Crippen molar-refractivity contribution in [1.29, 1.82) is 0 Å². The maximum Gasteiger partial charge on any atom is 0.377 e. The van der Waals surface area contributed by atoms with Gasteiger partial charge in [0.1, 0.15) is 0 Å². The Morgan fingerprint density at radius 3 is 2.33 bits per heavy atom. The molecule has 3 aromatic rings. The maximum atomic E-state index is 12.5. The van der Waals surface area contributed by atoms with Crippen LogP contribution in [0, 0.1) is 0 Å². The Morgan fingerprint density at radius 1 is 1.04 bits per heavy atom. The lowest BCUT2D eigenvalue weighted by atomic mass is 9.89. The number of phenolic OH excluding ortho intramolecular Hbond substituents is 1. The predicted molar refractivity (Wildman–Crippen MR) is 103 cm³/mol. The van der Waals surface area contributed by atoms with E-state index >= 15 is 0 Å². The van der Waals surface area contributed by atoms with Crippen molar-refractivity contribution in [2.75, 3.05) is 7.11 Å². The molecule has 3 aromatic carbocycles. The highest BCUT2D eigenvalue weighted by Crippen LogP contribution is 2.43. The first-order valence-electron chi connectivity index (χ1n) is 8.64. The lowest BCUT2D eigenvalue weighted by Crippen LogP contribution is -2.16. The van der Waals surface area contributed by atoms with Crippen LogP contribution in [0.15, 0.2) is 48.5 Å². The standard InChI is InChI=1S/C22H20O5/c1-3-15-18(20(24)22(25)26)16-11-7-10-14(12-13-8-5-4-6-9-13)17(16)19(23)21(15)27-2/h4-11,23H,3,12H2,1-2H3,(H,25,26). The lowest BCUT2D eigenvalue weighted by molar-refractivity contribution is -0.131. The Labute approximate surface area is 156 Å². The van der Waals surface area contributed by atoms with E-state index < -0.39 is 11.8 Å². The molecule has 0 amide bonds. The van der Waals surface area contributed by atoms with Crippen LogP contribution in [0.5, 0.6) is 11.5 Å². The lowest BCUT2D eigenvalue weighted by Gasteiger charge is -2.18. The first kappa shape index (κ1) is 18.5. The third kappa shape index (κ3) is 3.24. The number of hydrogen-bond donors (Lipinski definition) is 2. The summed E-state index contributed by atoms with van der Waals surface area (Å²) in [6, 6.07) is 15.0. The number of methoxy groups -OCH3 is 1. The van der Waals surface area contributed by atoms with E-state index in [4.69, 9.17) is 4.74 Å². The molecule has 5 nitrogen and oxygen atoms in total. The van der Waals surface area contributed by atoms with E-state index in [-0.39, 0.29) is 17.1 Å². The van der Waals surface area contributed by atoms with Crippen LogP contribution < -0.4 is 4.74 Å². The number of aromatic hydroxyl groups is 1. The molecule has 0 bridgehead atoms. The number of carboxylic acid groups (broad SMARTS) is 1. The Hall–Kier alpha value is -3.34. The fraction of sp³-hybridized carbons (Fsp3) is 0.182. The molecular weight excluding hydrogens is 344 g/mol. The number of ether oxygens (including phenoxy) is 1. The van der Waals surface area contributed by atoms with Crippen LogP contribution in [0.3, 0.4) is 0 Å². The molecule has 0 aliphatic rings. The summed E-state index contributed by atoms with van der Waals surface area (Å²) >= 11 is 0. The third-order valence-corrected chi connectivity index (χ3v) is 4.66. The molecule has 138 valence electrons. The first-order valence-corrected chi connectivity index (χ1v) is 8.64. The van der Waals surface area contributed by atoms with E-state index in [1.165, 1.54) is 7.11 Å². The van der Waals surface area contributed by atoms with Crippen LogP contribution in [0.25, 0.3) is 10.8 Å². The molecular formula is C22H20O5. The number of fused-ring (bicyclic) bond motifs is 1. The van der Waals surface area contributed by atoms with Gasteiger partial charge in [-0.15, -0.1) is 0 Å². The molecule has 0 aromatic heterocycles. The van der Waals surface area contributed by atoms with E-state index in [1.54, 1.807) is 19.1 Å². The fourth-order valence-electron chi connectivity index (χ4n) is 3.51. The molecule has 27 heavy (non-hydrogen) atoms. The minimum absolute atomic E-state index is 0.0715. The van der Waals surface area contributed by atoms with Crippen molar-refractivity contribution >= 4 is 22.5 Å². The Bertz CT molecular complexity index is 1020. The number of hydrogen-bond acceptors (Lipinski definition) is 4. The number of benzene rings is 3. The van der Waals surface area contributed by atoms with Gasteiger partial charge < -0.3 is 14.9 Å². The number of rotatable bonds is 6. The molecule has 0 saturated heterocycles. The zero-order valence-corrected chi connectivity index (χ0v) is 15.2. The summed E-state index contributed by atoms with van der Waals surface area (Å²) in [5, 5.41) is 21.0. The fourth-order valence-corrected chi connectivity index (χ4v) is 3.51. The van der Waals surface area contributed by atoms with Gasteiger partial charge in [0.15, 0.2) is 11.5 Å². The van der Waals surface area contributed by atoms with Gasteiger partial charge in [-0.2, -0.15) is 0 Å². The third-order valence-electron chi connectivity index (χ3n) is 4.66. The highest BCUT2D eigenvalue weighted by atomic mass is 16.5. The number of carbonyl (C=O) groups excluding carboxylic acids is 1. The summed E-state index contributed by atoms with van der Waals surface area (Å²) in [5.74, 6) is -2.47. The van der Waals surface area contributed by atoms with Crippen LogP contribution in [-0.2, 0) is 17.6 Å². The normalized spacial score (nSPS) is 10.7. The van der Waals surface area contributed by atoms with E-state index in [0.29, 0.717) is 29.2 Å². The zero-order valence-electron chi connectivity index (χ0n) is 15.2. The van der Waals surface area contributed by atoms with E-state index in [0.717, 1.165) is 11.1 Å². The summed E-state index contributed by atoms with van der Waals surface area (Å²) in [4.78, 5) is 23.9. The minimum atomic E-state index is -1.53. The topological polar surface area (TPSA) is 83.8 Å². The first-order chi connectivity index (χ1) is 13.0. The second-order valence-corrected chi connectivity index (χ2v) is 6.23. The van der Waals surface area contributed by atoms with E-state index in [2.05, 4.69) is 0 Å². The van der Waals surface area contributed by atoms with Crippen molar-refractivity contribution in [1.82, 2.24) is 0 Å². The van der Waals surface area contributed by atoms with Crippen molar-refractivity contribution in [2.24, 2.45) is 0 Å². The van der Waals surface area contributed by atoms with Crippen LogP contribution in [0.2, 0.25) is 0 Å². The predicted octanol–water partition coefficient (Wildman–Crippen LogP) is 3.97. The summed E-state index contributed by atoms with van der Waals surface area (Å²) in [5.41, 5.74) is 2.29. The molecule has 0 fully saturated rings. The number of carbonyl (C=O) groups is 2. The second kappa shape index (κ2) is 7.50. The molecule has 0 atom stereocenters. The Morgan fingerprint density at radius 2 is 1.74 bits per heavy atom. The molecule has 0 spiro atoms. The average molecular weight is 364 g/mol. The quantitative estimate of drug-likeness (QED) is 0.511. The second-order valence-electron chi connectivity index (χ2n) is 6.23. The maximum absolute atomic E-state index is 12.5. The summed E-state index contributed by atoms with van der Waals surface area (Å²) in [6.45, 7) is 1.79. The monoisotopic (exact) mass is 364 g/mol. The van der Waals surface area contributed by atoms with Gasteiger partial charge >= 0.3 is 5.97 Å². The Kier molecular flexibility index (Phi) is 5.12. The van der Waals surface area contributed by atoms with Crippen molar-refractivity contribution in [3.8, 4) is 11.5 Å². The molecule has 5 heteroatoms. The summed E-state index contributed by atoms with van der Waals surface area (Å²) in [7, 11) is 1.40. The molecule has 0 heterocycles. The van der Waals surface area contributed by atoms with Gasteiger partial charge in [0, 0.05) is 16.5 Å². The smallest absolute Gasteiger partial charge is 0.377 e. The van der Waals surface area contributed by atoms with Crippen molar-refractivity contribution in [3.05, 3.63) is 70.8 Å². The number of Topliss-reactive ketones (excluding diaryl/α,β-unsaturated/α-hetero) is 1. The molecule has 0 unspecified atom stereocenters. The molecule has 0 aliphatic carbocycles. The van der Waals surface area contributed by atoms with Crippen molar-refractivity contribution in [3.63, 3.8) is 0 Å². The van der Waals surface area contributed by atoms with Gasteiger partial charge in [-0.1, -0.05) is 55.5 Å². The molecule has 0 aliphatic heterocycles. The van der Waals surface area contributed by atoms with Gasteiger partial charge in [0.25, 0.3) is 5.78 Å². The number of phenols is 1. The molecule has 0 saturated carbocycles. The van der Waals surface area contributed by atoms with Crippen LogP contribution >= 0.6 is 0 Å². The number of aliphatic carboxylic acids is 1. The van der Waals surface area contributed by atoms with E-state index in [1.807, 2.05) is 36.4 Å². The summed E-state index contributed by atoms with van der Waals surface area (Å²) in [6.07, 6.45) is 0.880. The highest BCUT2D eigenvalue weighted by Gasteiger charge is 2.27. The highest BCUT2D eigenvalue weighted by molar-refractivity contribution is 6.43. The zero-order chi connectivity index (χ0) is 19.6. The number of ketones is 1. The van der Waals surface area contributed by atoms with Gasteiger partial charge in [0.2, 0.25) is 0 Å². The summed E-state index contributed by atoms with van der Waals surface area (Å²) < 4.78 is 5.36. The minimum Gasteiger partial charge on any atom is -0.504 e. The van der Waals surface area contributed by atoms with Crippen LogP contribution in [0.1, 0.15) is 34.0 Å². The van der Waals surface area contributed by atoms with Gasteiger partial charge in [-0.3, -0.25) is 4.79 Å². The largest absolute Gasteiger partial charge is 0.504 e. The molecule has 0 radical (unpaired) electrons. The number of carboxylic acids is 1. The van der Waals surface area contributed by atoms with Crippen LogP contribution in [0.4, 0.5) is 0 Å². The van der Waals surface area contributed by atoms with Gasteiger partial charge in [0.05, 0.1) is 7.11 Å². The average Bonchev–Trinajstić information content (AvgIpc) is 2.67. The molecule has 2 N–H and O–H groups in total. The van der Waals surface area contributed by atoms with E-state index in [9.17, 15) is 19.8 Å².